The van der Waals surface area contributed by atoms with E-state index in [0.717, 1.165) is 17.9 Å². The number of aromatic nitrogens is 1. The Morgan fingerprint density at radius 2 is 2.09 bits per heavy atom. The summed E-state index contributed by atoms with van der Waals surface area (Å²) < 4.78 is 36.2. The van der Waals surface area contributed by atoms with Gasteiger partial charge in [-0.1, -0.05) is 12.1 Å². The largest absolute Gasteiger partial charge is 0.326 e. The summed E-state index contributed by atoms with van der Waals surface area (Å²) in [6, 6.07) is 7.44. The van der Waals surface area contributed by atoms with Gasteiger partial charge in [0.1, 0.15) is 5.82 Å². The third kappa shape index (κ3) is 4.92. The van der Waals surface area contributed by atoms with Crippen LogP contribution in [-0.4, -0.2) is 25.6 Å². The summed E-state index contributed by atoms with van der Waals surface area (Å²) in [5, 5.41) is 2.57. The molecule has 7 heteroatoms. The maximum Gasteiger partial charge on any atom is 0.228 e. The molecule has 0 bridgehead atoms. The number of nitrogens with one attached hydrogen (secondary N) is 1. The molecule has 116 valence electrons. The molecule has 0 aliphatic carbocycles. The van der Waals surface area contributed by atoms with Gasteiger partial charge >= 0.3 is 0 Å². The summed E-state index contributed by atoms with van der Waals surface area (Å²) in [7, 11) is -3.31. The average Bonchev–Trinajstić information content (AvgIpc) is 2.41. The van der Waals surface area contributed by atoms with Gasteiger partial charge in [0.2, 0.25) is 5.91 Å². The van der Waals surface area contributed by atoms with Crippen LogP contribution in [0.5, 0.6) is 0 Å². The zero-order chi connectivity index (χ0) is 16.2. The molecule has 0 radical (unpaired) electrons. The van der Waals surface area contributed by atoms with Crippen LogP contribution < -0.4 is 5.32 Å². The highest BCUT2D eigenvalue weighted by Gasteiger charge is 2.11. The van der Waals surface area contributed by atoms with E-state index in [0.29, 0.717) is 0 Å². The van der Waals surface area contributed by atoms with Crippen LogP contribution in [0.15, 0.2) is 42.7 Å². The van der Waals surface area contributed by atoms with E-state index < -0.39 is 15.7 Å². The van der Waals surface area contributed by atoms with Crippen LogP contribution >= 0.6 is 0 Å². The number of benzene rings is 1. The molecular formula is C15H15FN2O3S. The number of pyridine rings is 1. The summed E-state index contributed by atoms with van der Waals surface area (Å²) in [5.41, 5.74) is 1.10. The number of anilines is 1. The summed E-state index contributed by atoms with van der Waals surface area (Å²) in [4.78, 5) is 15.8. The van der Waals surface area contributed by atoms with Gasteiger partial charge in [0.15, 0.2) is 9.84 Å². The molecule has 0 fully saturated rings. The lowest BCUT2D eigenvalue weighted by atomic mass is 10.2. The van der Waals surface area contributed by atoms with Gasteiger partial charge in [0, 0.05) is 29.9 Å². The van der Waals surface area contributed by atoms with Crippen LogP contribution in [0.1, 0.15) is 11.1 Å². The third-order valence-corrected chi connectivity index (χ3v) is 3.68. The molecule has 0 unspecified atom stereocenters. The Hall–Kier alpha value is -2.28. The first kappa shape index (κ1) is 16.1. The van der Waals surface area contributed by atoms with Crippen LogP contribution in [0.2, 0.25) is 0 Å². The zero-order valence-corrected chi connectivity index (χ0v) is 12.7. The van der Waals surface area contributed by atoms with Crippen molar-refractivity contribution in [3.8, 4) is 0 Å². The molecule has 0 saturated heterocycles. The summed E-state index contributed by atoms with van der Waals surface area (Å²) >= 11 is 0. The molecular weight excluding hydrogens is 307 g/mol. The smallest absolute Gasteiger partial charge is 0.228 e. The van der Waals surface area contributed by atoms with E-state index in [-0.39, 0.29) is 29.3 Å². The standard InChI is InChI=1S/C15H15FN2O3S/c1-22(20,21)10-12-4-5-13(8-14(12)16)18-15(19)7-11-3-2-6-17-9-11/h2-6,8-9H,7,10H2,1H3,(H,18,19). The van der Waals surface area contributed by atoms with Gasteiger partial charge < -0.3 is 5.32 Å². The SMILES string of the molecule is CS(=O)(=O)Cc1ccc(NC(=O)Cc2cccnc2)cc1F. The molecule has 2 aromatic rings. The molecule has 1 aromatic heterocycles. The van der Waals surface area contributed by atoms with Crippen molar-refractivity contribution in [2.24, 2.45) is 0 Å². The molecule has 1 heterocycles. The van der Waals surface area contributed by atoms with Crippen LogP contribution in [0.4, 0.5) is 10.1 Å². The maximum absolute atomic E-state index is 13.8. The minimum atomic E-state index is -3.31. The number of hydrogen-bond donors (Lipinski definition) is 1. The molecule has 0 aliphatic rings. The molecule has 0 saturated carbocycles. The summed E-state index contributed by atoms with van der Waals surface area (Å²) in [5.74, 6) is -1.34. The molecule has 2 rings (SSSR count). The second-order valence-electron chi connectivity index (χ2n) is 4.96. The Balaban J connectivity index is 2.04. The highest BCUT2D eigenvalue weighted by molar-refractivity contribution is 7.89. The van der Waals surface area contributed by atoms with Gasteiger partial charge in [-0.05, 0) is 23.8 Å². The fourth-order valence-electron chi connectivity index (χ4n) is 1.92. The predicted octanol–water partition coefficient (Wildman–Crippen LogP) is 1.95. The lowest BCUT2D eigenvalue weighted by Crippen LogP contribution is -2.15. The predicted molar refractivity (Wildman–Crippen MR) is 81.5 cm³/mol. The van der Waals surface area contributed by atoms with Gasteiger partial charge in [-0.15, -0.1) is 0 Å². The second kappa shape index (κ2) is 6.65. The highest BCUT2D eigenvalue weighted by atomic mass is 32.2. The fraction of sp³-hybridized carbons (Fsp3) is 0.200. The lowest BCUT2D eigenvalue weighted by molar-refractivity contribution is -0.115. The van der Waals surface area contributed by atoms with Crippen LogP contribution in [-0.2, 0) is 26.8 Å². The lowest BCUT2D eigenvalue weighted by Gasteiger charge is -2.07. The van der Waals surface area contributed by atoms with Crippen molar-refractivity contribution >= 4 is 21.4 Å². The summed E-state index contributed by atoms with van der Waals surface area (Å²) in [6.07, 6.45) is 4.35. The van der Waals surface area contributed by atoms with E-state index in [1.807, 2.05) is 0 Å². The molecule has 0 spiro atoms. The van der Waals surface area contributed by atoms with Crippen molar-refractivity contribution in [2.75, 3.05) is 11.6 Å². The molecule has 22 heavy (non-hydrogen) atoms. The van der Waals surface area contributed by atoms with Crippen LogP contribution in [0, 0.1) is 5.82 Å². The van der Waals surface area contributed by atoms with Gasteiger partial charge in [-0.2, -0.15) is 0 Å². The van der Waals surface area contributed by atoms with Crippen molar-refractivity contribution in [2.45, 2.75) is 12.2 Å². The van der Waals surface area contributed by atoms with E-state index in [1.165, 1.54) is 12.1 Å². The van der Waals surface area contributed by atoms with Crippen molar-refractivity contribution < 1.29 is 17.6 Å². The third-order valence-electron chi connectivity index (χ3n) is 2.84. The molecule has 5 nitrogen and oxygen atoms in total. The molecule has 1 aromatic carbocycles. The Kier molecular flexibility index (Phi) is 4.87. The Morgan fingerprint density at radius 3 is 2.68 bits per heavy atom. The van der Waals surface area contributed by atoms with E-state index in [4.69, 9.17) is 0 Å². The van der Waals surface area contributed by atoms with Crippen molar-refractivity contribution in [3.63, 3.8) is 0 Å². The molecule has 0 atom stereocenters. The Morgan fingerprint density at radius 1 is 1.32 bits per heavy atom. The molecule has 0 aliphatic heterocycles. The van der Waals surface area contributed by atoms with Crippen LogP contribution in [0.25, 0.3) is 0 Å². The molecule has 1 N–H and O–H groups in total. The number of nitrogens with zero attached hydrogens (tertiary/aromatic N) is 1. The second-order valence-corrected chi connectivity index (χ2v) is 7.10. The molecule has 1 amide bonds. The minimum absolute atomic E-state index is 0.0766. The zero-order valence-electron chi connectivity index (χ0n) is 11.9. The first-order valence-electron chi connectivity index (χ1n) is 6.48. The normalized spacial score (nSPS) is 11.2. The van der Waals surface area contributed by atoms with Gasteiger partial charge in [0.25, 0.3) is 0 Å². The van der Waals surface area contributed by atoms with Crippen LogP contribution in [0.3, 0.4) is 0 Å². The number of halogens is 1. The van der Waals surface area contributed by atoms with Crippen molar-refractivity contribution in [1.29, 1.82) is 0 Å². The average molecular weight is 322 g/mol. The number of rotatable bonds is 5. The Labute approximate surface area is 128 Å². The van der Waals surface area contributed by atoms with Crippen molar-refractivity contribution in [3.05, 3.63) is 59.7 Å². The first-order valence-corrected chi connectivity index (χ1v) is 8.54. The van der Waals surface area contributed by atoms with Crippen molar-refractivity contribution in [1.82, 2.24) is 4.98 Å². The highest BCUT2D eigenvalue weighted by Crippen LogP contribution is 2.17. The van der Waals surface area contributed by atoms with Gasteiger partial charge in [-0.3, -0.25) is 9.78 Å². The van der Waals surface area contributed by atoms with E-state index in [2.05, 4.69) is 10.3 Å². The minimum Gasteiger partial charge on any atom is -0.326 e. The van der Waals surface area contributed by atoms with Gasteiger partial charge in [0.05, 0.1) is 12.2 Å². The maximum atomic E-state index is 13.8. The first-order chi connectivity index (χ1) is 10.3. The monoisotopic (exact) mass is 322 g/mol. The number of carbonyl (C=O) groups is 1. The quantitative estimate of drug-likeness (QED) is 0.913. The summed E-state index contributed by atoms with van der Waals surface area (Å²) in [6.45, 7) is 0. The number of hydrogen-bond acceptors (Lipinski definition) is 4. The number of sulfone groups is 1. The number of amides is 1. The fourth-order valence-corrected chi connectivity index (χ4v) is 2.72. The number of carbonyl (C=O) groups excluding carboxylic acids is 1. The van der Waals surface area contributed by atoms with Gasteiger partial charge in [-0.25, -0.2) is 12.8 Å². The van der Waals surface area contributed by atoms with E-state index in [9.17, 15) is 17.6 Å². The topological polar surface area (TPSA) is 76.1 Å². The Bertz CT molecular complexity index is 777. The van der Waals surface area contributed by atoms with E-state index >= 15 is 0 Å². The van der Waals surface area contributed by atoms with E-state index in [1.54, 1.807) is 24.5 Å².